The van der Waals surface area contributed by atoms with Gasteiger partial charge in [-0.1, -0.05) is 0 Å². The predicted molar refractivity (Wildman–Crippen MR) is 80.1 cm³/mol. The Balaban J connectivity index is 2.27. The first-order valence-electron chi connectivity index (χ1n) is 6.03. The van der Waals surface area contributed by atoms with Crippen LogP contribution in [0.15, 0.2) is 40.3 Å². The molecular weight excluding hydrogens is 254 g/mol. The molecule has 1 aromatic heterocycles. The van der Waals surface area contributed by atoms with E-state index in [9.17, 15) is 0 Å². The second-order valence-corrected chi connectivity index (χ2v) is 4.36. The Morgan fingerprint density at radius 2 is 1.75 bits per heavy atom. The molecule has 0 atom stereocenters. The molecule has 0 saturated heterocycles. The summed E-state index contributed by atoms with van der Waals surface area (Å²) < 4.78 is 1.86. The van der Waals surface area contributed by atoms with Gasteiger partial charge in [0.25, 0.3) is 0 Å². The normalized spacial score (nSPS) is 11.4. The summed E-state index contributed by atoms with van der Waals surface area (Å²) >= 11 is 0. The molecule has 2 rings (SSSR count). The molecule has 20 heavy (non-hydrogen) atoms. The first-order valence-corrected chi connectivity index (χ1v) is 6.03. The summed E-state index contributed by atoms with van der Waals surface area (Å²) in [6.07, 6.45) is 0. The van der Waals surface area contributed by atoms with E-state index >= 15 is 0 Å². The van der Waals surface area contributed by atoms with Crippen LogP contribution in [-0.2, 0) is 0 Å². The quantitative estimate of drug-likeness (QED) is 0.550. The highest BCUT2D eigenvalue weighted by Crippen LogP contribution is 2.17. The monoisotopic (exact) mass is 271 g/mol. The number of nitrogens with zero attached hydrogens (tertiary/aromatic N) is 4. The van der Waals surface area contributed by atoms with Crippen molar-refractivity contribution in [3.05, 3.63) is 41.7 Å². The predicted octanol–water partition coefficient (Wildman–Crippen LogP) is 0.709. The molecule has 104 valence electrons. The maximum absolute atomic E-state index is 5.57. The fourth-order valence-electron chi connectivity index (χ4n) is 1.85. The minimum absolute atomic E-state index is 0.0175. The van der Waals surface area contributed by atoms with Crippen LogP contribution in [0, 0.1) is 13.8 Å². The number of aryl methyl sites for hydroxylation is 2. The standard InChI is InChI=1S/C13H17N7/c1-8-7-9(2)20(19-8)11-5-3-10(4-6-11)17-13(16)18-12(14)15/h3-7H,1-2H3,(H6,14,15,16,17,18). The first-order chi connectivity index (χ1) is 9.45. The summed E-state index contributed by atoms with van der Waals surface area (Å²) in [5.41, 5.74) is 19.7. The Hall–Kier alpha value is -2.83. The molecule has 0 aliphatic rings. The Kier molecular flexibility index (Phi) is 3.69. The molecule has 0 aliphatic heterocycles. The number of hydrogen-bond donors (Lipinski definition) is 3. The highest BCUT2D eigenvalue weighted by atomic mass is 15.3. The van der Waals surface area contributed by atoms with Gasteiger partial charge in [0.2, 0.25) is 5.96 Å². The average Bonchev–Trinajstić information content (AvgIpc) is 2.68. The van der Waals surface area contributed by atoms with E-state index in [-0.39, 0.29) is 11.9 Å². The lowest BCUT2D eigenvalue weighted by Gasteiger charge is -2.04. The van der Waals surface area contributed by atoms with E-state index in [1.807, 2.05) is 48.9 Å². The van der Waals surface area contributed by atoms with Crippen LogP contribution in [-0.4, -0.2) is 21.7 Å². The summed E-state index contributed by atoms with van der Waals surface area (Å²) in [6, 6.07) is 9.46. The number of nitrogens with two attached hydrogens (primary N) is 3. The molecule has 0 aliphatic carbocycles. The minimum Gasteiger partial charge on any atom is -0.370 e. The van der Waals surface area contributed by atoms with E-state index in [1.165, 1.54) is 0 Å². The van der Waals surface area contributed by atoms with Crippen LogP contribution in [0.5, 0.6) is 0 Å². The van der Waals surface area contributed by atoms with Gasteiger partial charge in [0.1, 0.15) is 0 Å². The number of rotatable bonds is 2. The second kappa shape index (κ2) is 5.43. The topological polar surface area (TPSA) is 121 Å². The lowest BCUT2D eigenvalue weighted by molar-refractivity contribution is 0.834. The number of benzene rings is 1. The van der Waals surface area contributed by atoms with Crippen LogP contribution in [0.1, 0.15) is 11.4 Å². The molecule has 0 saturated carbocycles. The van der Waals surface area contributed by atoms with Gasteiger partial charge in [0.15, 0.2) is 5.96 Å². The SMILES string of the molecule is Cc1cc(C)n(-c2ccc(N=C(N)N=C(N)N)cc2)n1. The van der Waals surface area contributed by atoms with Gasteiger partial charge in [0, 0.05) is 5.69 Å². The highest BCUT2D eigenvalue weighted by Gasteiger charge is 2.03. The molecule has 0 unspecified atom stereocenters. The molecule has 6 N–H and O–H groups in total. The van der Waals surface area contributed by atoms with E-state index in [1.54, 1.807) is 0 Å². The number of hydrogen-bond acceptors (Lipinski definition) is 2. The summed E-state index contributed by atoms with van der Waals surface area (Å²) in [5.74, 6) is -0.102. The maximum Gasteiger partial charge on any atom is 0.223 e. The third kappa shape index (κ3) is 3.14. The molecule has 0 amide bonds. The van der Waals surface area contributed by atoms with Crippen LogP contribution >= 0.6 is 0 Å². The third-order valence-corrected chi connectivity index (χ3v) is 2.59. The molecule has 7 heteroatoms. The van der Waals surface area contributed by atoms with Gasteiger partial charge < -0.3 is 17.2 Å². The minimum atomic E-state index is -0.120. The van der Waals surface area contributed by atoms with Crippen LogP contribution in [0.25, 0.3) is 5.69 Å². The van der Waals surface area contributed by atoms with E-state index in [0.29, 0.717) is 5.69 Å². The van der Waals surface area contributed by atoms with Gasteiger partial charge in [-0.25, -0.2) is 9.67 Å². The van der Waals surface area contributed by atoms with Crippen LogP contribution in [0.3, 0.4) is 0 Å². The molecule has 1 heterocycles. The molecule has 0 bridgehead atoms. The summed E-state index contributed by atoms with van der Waals surface area (Å²) in [4.78, 5) is 7.73. The maximum atomic E-state index is 5.57. The summed E-state index contributed by atoms with van der Waals surface area (Å²) in [6.45, 7) is 3.96. The Morgan fingerprint density at radius 1 is 1.10 bits per heavy atom. The van der Waals surface area contributed by atoms with Gasteiger partial charge in [-0.2, -0.15) is 10.1 Å². The Morgan fingerprint density at radius 3 is 2.25 bits per heavy atom. The van der Waals surface area contributed by atoms with Gasteiger partial charge in [-0.3, -0.25) is 0 Å². The second-order valence-electron chi connectivity index (χ2n) is 4.36. The summed E-state index contributed by atoms with van der Waals surface area (Å²) in [5, 5.41) is 4.41. The molecule has 0 spiro atoms. The van der Waals surface area contributed by atoms with Crippen LogP contribution < -0.4 is 17.2 Å². The van der Waals surface area contributed by atoms with Crippen LogP contribution in [0.4, 0.5) is 5.69 Å². The Labute approximate surface area is 116 Å². The first kappa shape index (κ1) is 13.6. The lowest BCUT2D eigenvalue weighted by atomic mass is 10.3. The van der Waals surface area contributed by atoms with Crippen molar-refractivity contribution >= 4 is 17.6 Å². The van der Waals surface area contributed by atoms with E-state index in [4.69, 9.17) is 17.2 Å². The van der Waals surface area contributed by atoms with Crippen molar-refractivity contribution < 1.29 is 0 Å². The number of guanidine groups is 2. The fourth-order valence-corrected chi connectivity index (χ4v) is 1.85. The van der Waals surface area contributed by atoms with Crippen molar-refractivity contribution in [1.82, 2.24) is 9.78 Å². The van der Waals surface area contributed by atoms with Crippen molar-refractivity contribution in [2.75, 3.05) is 0 Å². The zero-order chi connectivity index (χ0) is 14.7. The molecule has 0 radical (unpaired) electrons. The van der Waals surface area contributed by atoms with Gasteiger partial charge in [0.05, 0.1) is 17.1 Å². The smallest absolute Gasteiger partial charge is 0.223 e. The zero-order valence-corrected chi connectivity index (χ0v) is 11.4. The van der Waals surface area contributed by atoms with Gasteiger partial charge in [-0.05, 0) is 44.2 Å². The van der Waals surface area contributed by atoms with E-state index in [0.717, 1.165) is 17.1 Å². The van der Waals surface area contributed by atoms with Crippen molar-refractivity contribution in [3.63, 3.8) is 0 Å². The zero-order valence-electron chi connectivity index (χ0n) is 11.4. The molecule has 0 fully saturated rings. The molecular formula is C13H17N7. The van der Waals surface area contributed by atoms with Crippen molar-refractivity contribution in [2.24, 2.45) is 27.2 Å². The van der Waals surface area contributed by atoms with Crippen molar-refractivity contribution in [3.8, 4) is 5.69 Å². The largest absolute Gasteiger partial charge is 0.370 e. The van der Waals surface area contributed by atoms with Gasteiger partial charge in [-0.15, -0.1) is 0 Å². The third-order valence-electron chi connectivity index (χ3n) is 2.59. The van der Waals surface area contributed by atoms with E-state index < -0.39 is 0 Å². The number of aromatic nitrogens is 2. The van der Waals surface area contributed by atoms with Gasteiger partial charge >= 0.3 is 0 Å². The highest BCUT2D eigenvalue weighted by molar-refractivity contribution is 5.93. The summed E-state index contributed by atoms with van der Waals surface area (Å²) in [7, 11) is 0. The molecule has 1 aromatic carbocycles. The average molecular weight is 271 g/mol. The van der Waals surface area contributed by atoms with Crippen molar-refractivity contribution in [1.29, 1.82) is 0 Å². The van der Waals surface area contributed by atoms with Crippen molar-refractivity contribution in [2.45, 2.75) is 13.8 Å². The Bertz CT molecular complexity index is 661. The molecule has 7 nitrogen and oxygen atoms in total. The fraction of sp³-hybridized carbons (Fsp3) is 0.154. The lowest BCUT2D eigenvalue weighted by Crippen LogP contribution is -2.26. The number of aliphatic imine (C=N–C) groups is 2. The van der Waals surface area contributed by atoms with E-state index in [2.05, 4.69) is 15.1 Å². The molecule has 2 aromatic rings. The van der Waals surface area contributed by atoms with Crippen LogP contribution in [0.2, 0.25) is 0 Å².